The van der Waals surface area contributed by atoms with E-state index in [1.165, 1.54) is 44.9 Å². The zero-order valence-corrected chi connectivity index (χ0v) is 20.3. The fraction of sp³-hybridized carbons (Fsp3) is 0.870. The Morgan fingerprint density at radius 3 is 1.85 bits per heavy atom. The maximum Gasteiger partial charge on any atom is 2.00 e. The first-order valence-electron chi connectivity index (χ1n) is 10.7. The summed E-state index contributed by atoms with van der Waals surface area (Å²) in [4.78, 5) is 12.5. The first-order chi connectivity index (χ1) is 12.3. The molecule has 0 bridgehead atoms. The number of unbranched alkanes of at least 4 members (excludes halogenated alkanes) is 7. The van der Waals surface area contributed by atoms with Crippen molar-refractivity contribution in [3.8, 4) is 0 Å². The van der Waals surface area contributed by atoms with Crippen LogP contribution in [-0.4, -0.2) is 25.2 Å². The van der Waals surface area contributed by atoms with Crippen LogP contribution in [0.1, 0.15) is 105 Å². The number of ether oxygens (including phenoxy) is 1. The van der Waals surface area contributed by atoms with Crippen molar-refractivity contribution in [3.05, 3.63) is 13.8 Å². The van der Waals surface area contributed by atoms with Gasteiger partial charge in [-0.15, -0.1) is 0 Å². The van der Waals surface area contributed by atoms with Crippen molar-refractivity contribution in [2.75, 3.05) is 7.11 Å². The molecule has 0 rings (SSSR count). The summed E-state index contributed by atoms with van der Waals surface area (Å²) in [6.45, 7) is 17.7. The Balaban J connectivity index is -0.00000134. The molecule has 0 aliphatic heterocycles. The van der Waals surface area contributed by atoms with E-state index in [0.717, 1.165) is 19.3 Å². The van der Waals surface area contributed by atoms with Gasteiger partial charge in [-0.25, -0.2) is 0 Å². The zero-order valence-electron chi connectivity index (χ0n) is 19.1. The molecule has 1 amide bonds. The van der Waals surface area contributed by atoms with Crippen molar-refractivity contribution >= 4 is 5.91 Å². The summed E-state index contributed by atoms with van der Waals surface area (Å²) >= 11 is 0. The predicted molar refractivity (Wildman–Crippen MR) is 115 cm³/mol. The molecule has 1 N–H and O–H groups in total. The van der Waals surface area contributed by atoms with E-state index in [1.807, 2.05) is 27.7 Å². The van der Waals surface area contributed by atoms with Crippen molar-refractivity contribution in [1.82, 2.24) is 5.32 Å². The molecule has 2 unspecified atom stereocenters. The van der Waals surface area contributed by atoms with E-state index in [1.54, 1.807) is 7.11 Å². The third-order valence-corrected chi connectivity index (χ3v) is 4.77. The smallest absolute Gasteiger partial charge is 0.382 e. The molecule has 0 aromatic rings. The van der Waals surface area contributed by atoms with Gasteiger partial charge in [0.25, 0.3) is 0 Å². The van der Waals surface area contributed by atoms with E-state index in [4.69, 9.17) is 4.74 Å². The standard InChI is InChI=1S/C20H40NO2.C3H7.Cr/c1-7-9-10-11-12-13-14-15-16-20(4,5)19(22)21-17(3)18(8-2)23-6;1-3-2;/h17-18H,2,7-16H2,1,3-6H3,(H,21,22);1,3H2,2H3;/q2*-1;+2. The molecule has 2 atom stereocenters. The van der Waals surface area contributed by atoms with Gasteiger partial charge in [0.05, 0.1) is 6.10 Å². The molecule has 0 saturated heterocycles. The topological polar surface area (TPSA) is 38.3 Å². The van der Waals surface area contributed by atoms with E-state index in [0.29, 0.717) is 6.42 Å². The summed E-state index contributed by atoms with van der Waals surface area (Å²) < 4.78 is 5.35. The first-order valence-corrected chi connectivity index (χ1v) is 10.7. The molecule has 0 radical (unpaired) electrons. The molecule has 3 nitrogen and oxygen atoms in total. The fourth-order valence-electron chi connectivity index (χ4n) is 2.88. The van der Waals surface area contributed by atoms with Gasteiger partial charge >= 0.3 is 17.4 Å². The maximum absolute atomic E-state index is 12.5. The molecule has 27 heavy (non-hydrogen) atoms. The SMILES string of the molecule is [CH2-]CC.[CH2-]CC(OC)C(C)NC(=O)C(C)(C)CCCCCCCCCC.[Cr+2]. The number of rotatable bonds is 14. The van der Waals surface area contributed by atoms with Gasteiger partial charge in [0, 0.05) is 18.6 Å². The van der Waals surface area contributed by atoms with Crippen LogP contribution in [0.15, 0.2) is 0 Å². The molecule has 0 aliphatic rings. The van der Waals surface area contributed by atoms with Crippen LogP contribution in [-0.2, 0) is 26.9 Å². The summed E-state index contributed by atoms with van der Waals surface area (Å²) in [5, 5.41) is 3.09. The van der Waals surface area contributed by atoms with E-state index < -0.39 is 0 Å². The Kier molecular flexibility index (Phi) is 24.3. The number of carbonyl (C=O) groups is 1. The van der Waals surface area contributed by atoms with Crippen molar-refractivity contribution in [2.45, 2.75) is 117 Å². The maximum atomic E-state index is 12.5. The van der Waals surface area contributed by atoms with E-state index >= 15 is 0 Å². The molecular formula is C23H47CrNO2. The summed E-state index contributed by atoms with van der Waals surface area (Å²) in [5.74, 6) is 0.128. The molecular weight excluding hydrogens is 374 g/mol. The van der Waals surface area contributed by atoms with Gasteiger partial charge in [0.2, 0.25) is 5.91 Å². The van der Waals surface area contributed by atoms with E-state index in [9.17, 15) is 4.79 Å². The van der Waals surface area contributed by atoms with Crippen molar-refractivity contribution in [1.29, 1.82) is 0 Å². The van der Waals surface area contributed by atoms with Gasteiger partial charge in [-0.3, -0.25) is 4.79 Å². The number of hydrogen-bond acceptors (Lipinski definition) is 2. The average molecular weight is 422 g/mol. The monoisotopic (exact) mass is 421 g/mol. The molecule has 0 spiro atoms. The molecule has 4 heteroatoms. The van der Waals surface area contributed by atoms with Crippen LogP contribution in [0.3, 0.4) is 0 Å². The quantitative estimate of drug-likeness (QED) is 0.256. The summed E-state index contributed by atoms with van der Waals surface area (Å²) in [6.07, 6.45) is 13.0. The number of amides is 1. The summed E-state index contributed by atoms with van der Waals surface area (Å²) in [6, 6.07) is 0.00263. The van der Waals surface area contributed by atoms with Crippen molar-refractivity contribution in [3.63, 3.8) is 0 Å². The second kappa shape index (κ2) is 20.7. The molecule has 0 aliphatic carbocycles. The second-order valence-electron chi connectivity index (χ2n) is 7.93. The van der Waals surface area contributed by atoms with E-state index in [2.05, 4.69) is 26.1 Å². The summed E-state index contributed by atoms with van der Waals surface area (Å²) in [5.41, 5.74) is -0.310. The number of methoxy groups -OCH3 is 1. The predicted octanol–water partition coefficient (Wildman–Crippen LogP) is 6.52. The number of nitrogens with one attached hydrogen (secondary N) is 1. The third kappa shape index (κ3) is 17.8. The van der Waals surface area contributed by atoms with Gasteiger partial charge < -0.3 is 23.9 Å². The van der Waals surface area contributed by atoms with Crippen LogP contribution < -0.4 is 5.32 Å². The van der Waals surface area contributed by atoms with Crippen LogP contribution in [0.25, 0.3) is 0 Å². The molecule has 0 aromatic carbocycles. The first kappa shape index (κ1) is 31.7. The second-order valence-corrected chi connectivity index (χ2v) is 7.93. The molecule has 0 saturated carbocycles. The normalized spacial score (nSPS) is 13.0. The Morgan fingerprint density at radius 2 is 1.44 bits per heavy atom. The van der Waals surface area contributed by atoms with Crippen LogP contribution in [0.5, 0.6) is 0 Å². The van der Waals surface area contributed by atoms with Gasteiger partial charge in [-0.1, -0.05) is 79.1 Å². The Morgan fingerprint density at radius 1 is 1.00 bits per heavy atom. The molecule has 0 fully saturated rings. The van der Waals surface area contributed by atoms with Gasteiger partial charge in [-0.2, -0.15) is 12.8 Å². The zero-order chi connectivity index (χ0) is 20.4. The molecule has 0 aromatic heterocycles. The molecule has 0 heterocycles. The van der Waals surface area contributed by atoms with Crippen LogP contribution in [0, 0.1) is 19.3 Å². The minimum atomic E-state index is -0.310. The Bertz CT molecular complexity index is 318. The Hall–Kier alpha value is -0.0375. The van der Waals surface area contributed by atoms with Crippen LogP contribution in [0.4, 0.5) is 0 Å². The Labute approximate surface area is 181 Å². The fourth-order valence-corrected chi connectivity index (χ4v) is 2.88. The van der Waals surface area contributed by atoms with Crippen molar-refractivity contribution < 1.29 is 26.9 Å². The summed E-state index contributed by atoms with van der Waals surface area (Å²) in [7, 11) is 1.67. The van der Waals surface area contributed by atoms with Crippen LogP contribution in [0.2, 0.25) is 0 Å². The largest absolute Gasteiger partial charge is 2.00 e. The van der Waals surface area contributed by atoms with Gasteiger partial charge in [0.15, 0.2) is 0 Å². The minimum absolute atomic E-state index is 0. The van der Waals surface area contributed by atoms with E-state index in [-0.39, 0.29) is 40.8 Å². The molecule has 162 valence electrons. The minimum Gasteiger partial charge on any atom is -0.382 e. The number of carbonyl (C=O) groups excluding carboxylic acids is 1. The van der Waals surface area contributed by atoms with Gasteiger partial charge in [-0.05, 0) is 13.3 Å². The van der Waals surface area contributed by atoms with Gasteiger partial charge in [0.1, 0.15) is 0 Å². The van der Waals surface area contributed by atoms with Crippen molar-refractivity contribution in [2.24, 2.45) is 5.41 Å². The van der Waals surface area contributed by atoms with Crippen LogP contribution >= 0.6 is 0 Å². The average Bonchev–Trinajstić information content (AvgIpc) is 2.59. The third-order valence-electron chi connectivity index (χ3n) is 4.77. The number of hydrogen-bond donors (Lipinski definition) is 1.